The van der Waals surface area contributed by atoms with Crippen LogP contribution in [0.3, 0.4) is 0 Å². The molecule has 0 aliphatic heterocycles. The van der Waals surface area contributed by atoms with Gasteiger partial charge in [-0.15, -0.1) is 12.4 Å². The van der Waals surface area contributed by atoms with Gasteiger partial charge < -0.3 is 11.1 Å². The first kappa shape index (κ1) is 13.8. The Labute approximate surface area is 107 Å². The molecule has 17 heavy (non-hydrogen) atoms. The van der Waals surface area contributed by atoms with E-state index in [0.29, 0.717) is 23.5 Å². The normalized spacial score (nSPS) is 21.5. The minimum absolute atomic E-state index is 0. The van der Waals surface area contributed by atoms with Gasteiger partial charge in [-0.1, -0.05) is 19.4 Å². The zero-order valence-electron chi connectivity index (χ0n) is 9.85. The lowest BCUT2D eigenvalue weighted by molar-refractivity contribution is 0.0944. The average Bonchev–Trinajstić information content (AvgIpc) is 2.97. The first-order valence-corrected chi connectivity index (χ1v) is 5.74. The predicted octanol–water partition coefficient (Wildman–Crippen LogP) is 2.00. The Bertz CT molecular complexity index is 397. The molecule has 2 atom stereocenters. The number of nitrogens with two attached hydrogens (primary N) is 1. The molecule has 0 radical (unpaired) electrons. The van der Waals surface area contributed by atoms with E-state index in [-0.39, 0.29) is 18.3 Å². The van der Waals surface area contributed by atoms with E-state index < -0.39 is 0 Å². The Morgan fingerprint density at radius 1 is 1.59 bits per heavy atom. The first-order chi connectivity index (χ1) is 7.70. The number of nitrogens with one attached hydrogen (secondary N) is 1. The summed E-state index contributed by atoms with van der Waals surface area (Å²) in [6.07, 6.45) is 3.46. The molecule has 1 aromatic heterocycles. The van der Waals surface area contributed by atoms with Crippen LogP contribution in [0.25, 0.3) is 0 Å². The Hall–Kier alpha value is -1.29. The molecule has 1 fully saturated rings. The number of carbonyl (C=O) groups is 1. The summed E-state index contributed by atoms with van der Waals surface area (Å²) in [5, 5.41) is 2.98. The molecular weight excluding hydrogens is 238 g/mol. The largest absolute Gasteiger partial charge is 0.384 e. The smallest absolute Gasteiger partial charge is 0.270 e. The third-order valence-corrected chi connectivity index (χ3v) is 2.90. The predicted molar refractivity (Wildman–Crippen MR) is 70.2 cm³/mol. The summed E-state index contributed by atoms with van der Waals surface area (Å²) >= 11 is 0. The topological polar surface area (TPSA) is 68.0 Å². The molecule has 0 saturated heterocycles. The van der Waals surface area contributed by atoms with Crippen LogP contribution in [0.1, 0.15) is 36.7 Å². The van der Waals surface area contributed by atoms with Gasteiger partial charge in [-0.05, 0) is 30.9 Å². The van der Waals surface area contributed by atoms with Crippen molar-refractivity contribution in [2.75, 3.05) is 5.73 Å². The molecule has 94 valence electrons. The van der Waals surface area contributed by atoms with E-state index in [9.17, 15) is 4.79 Å². The van der Waals surface area contributed by atoms with Crippen LogP contribution in [0.4, 0.5) is 5.82 Å². The van der Waals surface area contributed by atoms with Gasteiger partial charge >= 0.3 is 0 Å². The molecule has 2 rings (SSSR count). The van der Waals surface area contributed by atoms with E-state index in [1.807, 2.05) is 0 Å². The van der Waals surface area contributed by atoms with Gasteiger partial charge in [0.05, 0.1) is 0 Å². The van der Waals surface area contributed by atoms with E-state index in [4.69, 9.17) is 5.73 Å². The van der Waals surface area contributed by atoms with Crippen LogP contribution in [0.15, 0.2) is 18.2 Å². The van der Waals surface area contributed by atoms with Crippen molar-refractivity contribution in [3.63, 3.8) is 0 Å². The molecule has 1 aliphatic rings. The van der Waals surface area contributed by atoms with Crippen LogP contribution < -0.4 is 11.1 Å². The number of aromatic nitrogens is 1. The standard InChI is InChI=1S/C12H17N3O.ClH/c1-2-4-8-7-10(8)15-12(16)9-5-3-6-11(13)14-9;/h3,5-6,8,10H,2,4,7H2,1H3,(H2,13,14)(H,15,16);1H. The fourth-order valence-electron chi connectivity index (χ4n) is 1.93. The molecule has 5 heteroatoms. The average molecular weight is 256 g/mol. The molecule has 3 N–H and O–H groups in total. The highest BCUT2D eigenvalue weighted by atomic mass is 35.5. The molecule has 0 bridgehead atoms. The second kappa shape index (κ2) is 5.87. The molecule has 1 heterocycles. The van der Waals surface area contributed by atoms with Gasteiger partial charge in [-0.25, -0.2) is 4.98 Å². The highest BCUT2D eigenvalue weighted by Crippen LogP contribution is 2.34. The molecule has 1 saturated carbocycles. The van der Waals surface area contributed by atoms with Crippen LogP contribution in [-0.2, 0) is 0 Å². The van der Waals surface area contributed by atoms with Gasteiger partial charge in [0, 0.05) is 6.04 Å². The fraction of sp³-hybridized carbons (Fsp3) is 0.500. The van der Waals surface area contributed by atoms with Crippen molar-refractivity contribution in [2.24, 2.45) is 5.92 Å². The lowest BCUT2D eigenvalue weighted by atomic mass is 10.2. The van der Waals surface area contributed by atoms with Crippen molar-refractivity contribution >= 4 is 24.1 Å². The van der Waals surface area contributed by atoms with Crippen LogP contribution in [-0.4, -0.2) is 16.9 Å². The summed E-state index contributed by atoms with van der Waals surface area (Å²) in [4.78, 5) is 15.8. The van der Waals surface area contributed by atoms with Gasteiger partial charge in [0.15, 0.2) is 0 Å². The Balaban J connectivity index is 0.00000144. The maximum Gasteiger partial charge on any atom is 0.270 e. The van der Waals surface area contributed by atoms with E-state index in [0.717, 1.165) is 6.42 Å². The lowest BCUT2D eigenvalue weighted by Crippen LogP contribution is -2.27. The van der Waals surface area contributed by atoms with E-state index in [2.05, 4.69) is 17.2 Å². The van der Waals surface area contributed by atoms with Gasteiger partial charge in [-0.2, -0.15) is 0 Å². The van der Waals surface area contributed by atoms with Crippen LogP contribution >= 0.6 is 12.4 Å². The number of anilines is 1. The molecule has 1 aromatic rings. The van der Waals surface area contributed by atoms with Crippen molar-refractivity contribution < 1.29 is 4.79 Å². The second-order valence-electron chi connectivity index (χ2n) is 4.31. The lowest BCUT2D eigenvalue weighted by Gasteiger charge is -2.04. The third-order valence-electron chi connectivity index (χ3n) is 2.90. The third kappa shape index (κ3) is 3.60. The monoisotopic (exact) mass is 255 g/mol. The highest BCUT2D eigenvalue weighted by molar-refractivity contribution is 5.93. The van der Waals surface area contributed by atoms with Crippen molar-refractivity contribution in [2.45, 2.75) is 32.2 Å². The number of hydrogen-bond acceptors (Lipinski definition) is 3. The summed E-state index contributed by atoms with van der Waals surface area (Å²) in [5.41, 5.74) is 5.93. The van der Waals surface area contributed by atoms with Crippen molar-refractivity contribution in [3.8, 4) is 0 Å². The number of rotatable bonds is 4. The van der Waals surface area contributed by atoms with Gasteiger partial charge in [0.2, 0.25) is 0 Å². The summed E-state index contributed by atoms with van der Waals surface area (Å²) < 4.78 is 0. The number of amides is 1. The summed E-state index contributed by atoms with van der Waals surface area (Å²) in [7, 11) is 0. The maximum absolute atomic E-state index is 11.8. The molecule has 1 aliphatic carbocycles. The van der Waals surface area contributed by atoms with E-state index in [1.165, 1.54) is 12.8 Å². The van der Waals surface area contributed by atoms with Crippen molar-refractivity contribution in [1.29, 1.82) is 0 Å². The van der Waals surface area contributed by atoms with Crippen LogP contribution in [0, 0.1) is 5.92 Å². The number of carbonyl (C=O) groups excluding carboxylic acids is 1. The number of hydrogen-bond donors (Lipinski definition) is 2. The van der Waals surface area contributed by atoms with Gasteiger partial charge in [0.1, 0.15) is 11.5 Å². The number of nitrogen functional groups attached to an aromatic ring is 1. The fourth-order valence-corrected chi connectivity index (χ4v) is 1.93. The van der Waals surface area contributed by atoms with E-state index in [1.54, 1.807) is 18.2 Å². The minimum atomic E-state index is -0.115. The summed E-state index contributed by atoms with van der Waals surface area (Å²) in [6, 6.07) is 5.44. The van der Waals surface area contributed by atoms with Gasteiger partial charge in [-0.3, -0.25) is 4.79 Å². The first-order valence-electron chi connectivity index (χ1n) is 5.74. The summed E-state index contributed by atoms with van der Waals surface area (Å²) in [6.45, 7) is 2.16. The zero-order valence-corrected chi connectivity index (χ0v) is 10.7. The number of halogens is 1. The quantitative estimate of drug-likeness (QED) is 0.865. The molecule has 0 spiro atoms. The highest BCUT2D eigenvalue weighted by Gasteiger charge is 2.37. The molecule has 2 unspecified atom stereocenters. The Morgan fingerprint density at radius 2 is 2.35 bits per heavy atom. The van der Waals surface area contributed by atoms with Crippen LogP contribution in [0.5, 0.6) is 0 Å². The SMILES string of the molecule is CCCC1CC1NC(=O)c1cccc(N)n1.Cl. The van der Waals surface area contributed by atoms with Crippen molar-refractivity contribution in [1.82, 2.24) is 10.3 Å². The number of pyridine rings is 1. The Morgan fingerprint density at radius 3 is 3.00 bits per heavy atom. The second-order valence-corrected chi connectivity index (χ2v) is 4.31. The number of nitrogens with zero attached hydrogens (tertiary/aromatic N) is 1. The molecule has 4 nitrogen and oxygen atoms in total. The van der Waals surface area contributed by atoms with Crippen LogP contribution in [0.2, 0.25) is 0 Å². The Kier molecular flexibility index (Phi) is 4.75. The van der Waals surface area contributed by atoms with Crippen molar-refractivity contribution in [3.05, 3.63) is 23.9 Å². The molecular formula is C12H18ClN3O. The van der Waals surface area contributed by atoms with E-state index >= 15 is 0 Å². The molecule has 1 amide bonds. The zero-order chi connectivity index (χ0) is 11.5. The van der Waals surface area contributed by atoms with Gasteiger partial charge in [0.25, 0.3) is 5.91 Å². The molecule has 0 aromatic carbocycles. The summed E-state index contributed by atoms with van der Waals surface area (Å²) in [5.74, 6) is 0.930. The minimum Gasteiger partial charge on any atom is -0.384 e. The maximum atomic E-state index is 11.8.